The number of benzene rings is 3. The maximum Gasteiger partial charge on any atom is 0.329 e. The third-order valence-corrected chi connectivity index (χ3v) is 9.03. The van der Waals surface area contributed by atoms with E-state index in [1.54, 1.807) is 4.90 Å². The number of piperidine rings is 1. The minimum atomic E-state index is -1.38. The van der Waals surface area contributed by atoms with E-state index >= 15 is 0 Å². The number of carboxylic acid groups (broad SMARTS) is 1. The molecule has 10 heteroatoms. The van der Waals surface area contributed by atoms with Crippen LogP contribution in [-0.2, 0) is 38.6 Å². The number of carboxylic acids is 1. The predicted octanol–water partition coefficient (Wildman–Crippen LogP) is 2.61. The molecule has 5 N–H and O–H groups in total. The van der Waals surface area contributed by atoms with Gasteiger partial charge in [0.15, 0.2) is 0 Å². The quantitative estimate of drug-likeness (QED) is 0.239. The minimum Gasteiger partial charge on any atom is -0.480 e. The third-order valence-electron chi connectivity index (χ3n) is 9.03. The van der Waals surface area contributed by atoms with Gasteiger partial charge in [-0.15, -0.1) is 0 Å². The van der Waals surface area contributed by atoms with E-state index in [2.05, 4.69) is 27.7 Å². The fourth-order valence-corrected chi connectivity index (χ4v) is 6.39. The van der Waals surface area contributed by atoms with Gasteiger partial charge in [-0.3, -0.25) is 9.59 Å². The topological polar surface area (TPSA) is 145 Å². The Bertz CT molecular complexity index is 1570. The SMILES string of the molecule is NC1Cc2ccccc2CN(CC(=O)NC(CC(=O)NC2(C(=O)O)CCN(CCc3ccccc3)CC2)c2ccccc2)C1=C=O. The first kappa shape index (κ1) is 32.6. The van der Waals surface area contributed by atoms with Crippen LogP contribution in [0.25, 0.3) is 0 Å². The number of nitrogens with one attached hydrogen (secondary N) is 2. The Hall–Kier alpha value is -4.76. The van der Waals surface area contributed by atoms with E-state index in [1.165, 1.54) is 5.56 Å². The molecule has 2 aliphatic rings. The first-order valence-electron chi connectivity index (χ1n) is 15.7. The summed E-state index contributed by atoms with van der Waals surface area (Å²) in [6.45, 7) is 2.07. The van der Waals surface area contributed by atoms with Gasteiger partial charge < -0.3 is 31.3 Å². The van der Waals surface area contributed by atoms with Crippen molar-refractivity contribution in [2.24, 2.45) is 5.73 Å². The van der Waals surface area contributed by atoms with Crippen LogP contribution in [0.15, 0.2) is 90.6 Å². The van der Waals surface area contributed by atoms with Gasteiger partial charge in [-0.2, -0.15) is 0 Å². The fraction of sp³-hybridized carbons (Fsp3) is 0.361. The Morgan fingerprint density at radius 2 is 1.54 bits per heavy atom. The lowest BCUT2D eigenvalue weighted by Gasteiger charge is -2.39. The first-order valence-corrected chi connectivity index (χ1v) is 15.7. The first-order chi connectivity index (χ1) is 22.3. The number of rotatable bonds is 11. The lowest BCUT2D eigenvalue weighted by molar-refractivity contribution is -0.150. The van der Waals surface area contributed by atoms with Gasteiger partial charge in [-0.05, 0) is 47.9 Å². The van der Waals surface area contributed by atoms with E-state index in [1.807, 2.05) is 78.7 Å². The van der Waals surface area contributed by atoms with Crippen LogP contribution in [0.3, 0.4) is 0 Å². The fourth-order valence-electron chi connectivity index (χ4n) is 6.39. The van der Waals surface area contributed by atoms with Crippen LogP contribution in [0.2, 0.25) is 0 Å². The zero-order valence-electron chi connectivity index (χ0n) is 25.9. The smallest absolute Gasteiger partial charge is 0.329 e. The van der Waals surface area contributed by atoms with E-state index in [9.17, 15) is 24.3 Å². The molecular formula is C36H41N5O5. The molecule has 10 nitrogen and oxygen atoms in total. The minimum absolute atomic E-state index is 0.152. The van der Waals surface area contributed by atoms with Crippen molar-refractivity contribution in [2.45, 2.75) is 56.3 Å². The highest BCUT2D eigenvalue weighted by molar-refractivity contribution is 5.88. The number of fused-ring (bicyclic) bond motifs is 1. The summed E-state index contributed by atoms with van der Waals surface area (Å²) in [5, 5.41) is 16.0. The number of amides is 2. The molecule has 3 aromatic carbocycles. The average molecular weight is 624 g/mol. The Balaban J connectivity index is 1.23. The van der Waals surface area contributed by atoms with Crippen molar-refractivity contribution >= 4 is 23.7 Å². The molecule has 2 atom stereocenters. The van der Waals surface area contributed by atoms with Crippen LogP contribution in [0, 0.1) is 0 Å². The van der Waals surface area contributed by atoms with Crippen molar-refractivity contribution < 1.29 is 24.3 Å². The van der Waals surface area contributed by atoms with Crippen molar-refractivity contribution in [2.75, 3.05) is 26.2 Å². The van der Waals surface area contributed by atoms with Gasteiger partial charge in [-0.25, -0.2) is 9.59 Å². The molecule has 2 aliphatic heterocycles. The van der Waals surface area contributed by atoms with Gasteiger partial charge in [0, 0.05) is 26.2 Å². The second-order valence-corrected chi connectivity index (χ2v) is 12.2. The molecule has 46 heavy (non-hydrogen) atoms. The van der Waals surface area contributed by atoms with Crippen molar-refractivity contribution in [3.63, 3.8) is 0 Å². The molecular weight excluding hydrogens is 582 g/mol. The summed E-state index contributed by atoms with van der Waals surface area (Å²) >= 11 is 0. The van der Waals surface area contributed by atoms with Crippen molar-refractivity contribution in [3.8, 4) is 0 Å². The standard InChI is InChI=1S/C36H41N5O5/c37-30-21-28-13-7-8-14-29(28)23-41(32(30)25-42)24-34(44)38-31(27-11-5-2-6-12-27)22-33(43)39-36(35(45)46)16-19-40(20-17-36)18-15-26-9-3-1-4-10-26/h1-14,30-31H,15-24,37H2,(H,38,44)(H,39,43)(H,45,46). The molecule has 5 rings (SSSR count). The molecule has 2 unspecified atom stereocenters. The summed E-state index contributed by atoms with van der Waals surface area (Å²) in [7, 11) is 0. The molecule has 1 saturated heterocycles. The lowest BCUT2D eigenvalue weighted by Crippen LogP contribution is -2.60. The number of nitrogens with zero attached hydrogens (tertiary/aromatic N) is 2. The molecule has 0 radical (unpaired) electrons. The van der Waals surface area contributed by atoms with Gasteiger partial charge in [0.1, 0.15) is 17.2 Å². The van der Waals surface area contributed by atoms with Crippen molar-refractivity contribution in [1.82, 2.24) is 20.4 Å². The van der Waals surface area contributed by atoms with E-state index in [0.29, 0.717) is 31.6 Å². The highest BCUT2D eigenvalue weighted by atomic mass is 16.4. The molecule has 1 fully saturated rings. The molecule has 2 amide bonds. The predicted molar refractivity (Wildman–Crippen MR) is 174 cm³/mol. The molecule has 0 aromatic heterocycles. The van der Waals surface area contributed by atoms with Gasteiger partial charge in [0.25, 0.3) is 0 Å². The molecule has 0 bridgehead atoms. The Labute approximate surface area is 269 Å². The van der Waals surface area contributed by atoms with E-state index < -0.39 is 35.4 Å². The molecule has 2 heterocycles. The highest BCUT2D eigenvalue weighted by Crippen LogP contribution is 2.26. The van der Waals surface area contributed by atoms with Crippen LogP contribution >= 0.6 is 0 Å². The van der Waals surface area contributed by atoms with E-state index in [4.69, 9.17) is 5.73 Å². The number of nitrogens with two attached hydrogens (primary N) is 1. The number of carbonyl (C=O) groups excluding carboxylic acids is 3. The molecule has 0 spiro atoms. The summed E-state index contributed by atoms with van der Waals surface area (Å²) in [6, 6.07) is 25.6. The number of carbonyl (C=O) groups is 3. The summed E-state index contributed by atoms with van der Waals surface area (Å²) < 4.78 is 0. The summed E-state index contributed by atoms with van der Waals surface area (Å²) in [6.07, 6.45) is 1.74. The molecule has 3 aromatic rings. The monoisotopic (exact) mass is 623 g/mol. The zero-order valence-corrected chi connectivity index (χ0v) is 25.9. The summed E-state index contributed by atoms with van der Waals surface area (Å²) in [5.74, 6) is 0.0182. The zero-order chi connectivity index (χ0) is 32.5. The van der Waals surface area contributed by atoms with E-state index in [-0.39, 0.29) is 31.5 Å². The van der Waals surface area contributed by atoms with Crippen LogP contribution in [-0.4, -0.2) is 76.4 Å². The van der Waals surface area contributed by atoms with E-state index in [0.717, 1.165) is 24.1 Å². The third kappa shape index (κ3) is 8.09. The van der Waals surface area contributed by atoms with Gasteiger partial charge in [0.2, 0.25) is 11.8 Å². The molecule has 240 valence electrons. The maximum atomic E-state index is 13.5. The average Bonchev–Trinajstić information content (AvgIpc) is 3.19. The van der Waals surface area contributed by atoms with Gasteiger partial charge in [0.05, 0.1) is 25.0 Å². The number of likely N-dealkylation sites (tertiary alicyclic amines) is 1. The number of hydrogen-bond acceptors (Lipinski definition) is 7. The normalized spacial score (nSPS) is 18.4. The van der Waals surface area contributed by atoms with Crippen molar-refractivity contribution in [3.05, 3.63) is 113 Å². The molecule has 0 aliphatic carbocycles. The maximum absolute atomic E-state index is 13.5. The highest BCUT2D eigenvalue weighted by Gasteiger charge is 2.43. The summed E-state index contributed by atoms with van der Waals surface area (Å²) in [5.41, 5.74) is 9.08. The van der Waals surface area contributed by atoms with Crippen LogP contribution < -0.4 is 16.4 Å². The van der Waals surface area contributed by atoms with Crippen molar-refractivity contribution in [1.29, 1.82) is 0 Å². The Morgan fingerprint density at radius 3 is 2.20 bits per heavy atom. The van der Waals surface area contributed by atoms with Crippen LogP contribution in [0.5, 0.6) is 0 Å². The largest absolute Gasteiger partial charge is 0.480 e. The molecule has 0 saturated carbocycles. The summed E-state index contributed by atoms with van der Waals surface area (Å²) in [4.78, 5) is 55.2. The van der Waals surface area contributed by atoms with Crippen LogP contribution in [0.4, 0.5) is 0 Å². The van der Waals surface area contributed by atoms with Gasteiger partial charge >= 0.3 is 5.97 Å². The second kappa shape index (κ2) is 15.0. The Kier molecular flexibility index (Phi) is 10.6. The lowest BCUT2D eigenvalue weighted by atomic mass is 9.86. The van der Waals surface area contributed by atoms with Gasteiger partial charge in [-0.1, -0.05) is 84.9 Å². The second-order valence-electron chi connectivity index (χ2n) is 12.2. The Morgan fingerprint density at radius 1 is 0.913 bits per heavy atom. The van der Waals surface area contributed by atoms with Crippen LogP contribution in [0.1, 0.15) is 47.6 Å². The number of hydrogen-bond donors (Lipinski definition) is 4. The number of aliphatic carboxylic acids is 1.